The number of anilines is 2. The van der Waals surface area contributed by atoms with Gasteiger partial charge in [0.15, 0.2) is 0 Å². The maximum Gasteiger partial charge on any atom is 0.254 e. The normalized spacial score (nSPS) is 13.3. The van der Waals surface area contributed by atoms with E-state index in [0.717, 1.165) is 30.1 Å². The molecule has 1 saturated heterocycles. The molecule has 1 aliphatic heterocycles. The van der Waals surface area contributed by atoms with Gasteiger partial charge in [0, 0.05) is 54.7 Å². The van der Waals surface area contributed by atoms with Crippen molar-refractivity contribution in [1.29, 1.82) is 0 Å². The third kappa shape index (κ3) is 6.96. The molecule has 8 heteroatoms. The molecule has 39 heavy (non-hydrogen) atoms. The number of hydrogen-bond donors (Lipinski definition) is 1. The van der Waals surface area contributed by atoms with Gasteiger partial charge in [-0.1, -0.05) is 17.7 Å². The van der Waals surface area contributed by atoms with Crippen molar-refractivity contribution in [2.75, 3.05) is 50.1 Å². The van der Waals surface area contributed by atoms with E-state index >= 15 is 0 Å². The number of rotatable bonds is 8. The highest BCUT2D eigenvalue weighted by molar-refractivity contribution is 5.99. The number of amides is 3. The minimum atomic E-state index is -0.248. The monoisotopic (exact) mass is 528 g/mol. The molecule has 4 rings (SSSR count). The first-order valence-electron chi connectivity index (χ1n) is 13.2. The van der Waals surface area contributed by atoms with Crippen molar-refractivity contribution in [3.05, 3.63) is 89.5 Å². The summed E-state index contributed by atoms with van der Waals surface area (Å²) in [5, 5.41) is 2.91. The fraction of sp³-hybridized carbons (Fsp3) is 0.323. The minimum Gasteiger partial charge on any atom is -0.497 e. The molecule has 0 aromatic heterocycles. The lowest BCUT2D eigenvalue weighted by atomic mass is 10.1. The lowest BCUT2D eigenvalue weighted by molar-refractivity contribution is -0.117. The van der Waals surface area contributed by atoms with E-state index in [1.54, 1.807) is 48.4 Å². The number of nitrogens with zero attached hydrogens (tertiary/aromatic N) is 3. The third-order valence-corrected chi connectivity index (χ3v) is 6.92. The highest BCUT2D eigenvalue weighted by Gasteiger charge is 2.23. The number of carbonyl (C=O) groups excluding carboxylic acids is 3. The van der Waals surface area contributed by atoms with Crippen LogP contribution in [0.15, 0.2) is 72.8 Å². The van der Waals surface area contributed by atoms with Crippen molar-refractivity contribution in [2.45, 2.75) is 26.8 Å². The Bertz CT molecular complexity index is 1280. The first-order chi connectivity index (χ1) is 18.7. The average molecular weight is 529 g/mol. The van der Waals surface area contributed by atoms with Gasteiger partial charge in [0.1, 0.15) is 12.3 Å². The van der Waals surface area contributed by atoms with Crippen LogP contribution in [0.1, 0.15) is 40.1 Å². The van der Waals surface area contributed by atoms with Crippen molar-refractivity contribution in [3.63, 3.8) is 0 Å². The summed E-state index contributed by atoms with van der Waals surface area (Å²) in [6.07, 6.45) is 0. The van der Waals surface area contributed by atoms with Crippen LogP contribution in [0, 0.1) is 6.92 Å². The quantitative estimate of drug-likeness (QED) is 0.467. The van der Waals surface area contributed by atoms with Crippen molar-refractivity contribution in [2.24, 2.45) is 0 Å². The Morgan fingerprint density at radius 1 is 0.846 bits per heavy atom. The van der Waals surface area contributed by atoms with Gasteiger partial charge < -0.3 is 24.8 Å². The molecule has 1 N–H and O–H groups in total. The van der Waals surface area contributed by atoms with Crippen LogP contribution < -0.4 is 15.0 Å². The van der Waals surface area contributed by atoms with Crippen LogP contribution in [-0.2, 0) is 4.79 Å². The van der Waals surface area contributed by atoms with E-state index in [0.29, 0.717) is 29.9 Å². The van der Waals surface area contributed by atoms with Gasteiger partial charge in [-0.2, -0.15) is 0 Å². The van der Waals surface area contributed by atoms with Gasteiger partial charge in [0.25, 0.3) is 11.8 Å². The summed E-state index contributed by atoms with van der Waals surface area (Å²) >= 11 is 0. The molecule has 1 fully saturated rings. The molecule has 3 aromatic rings. The second-order valence-electron chi connectivity index (χ2n) is 10.00. The first kappa shape index (κ1) is 27.7. The number of aryl methyl sites for hydroxylation is 1. The van der Waals surface area contributed by atoms with Crippen LogP contribution in [0.3, 0.4) is 0 Å². The van der Waals surface area contributed by atoms with Gasteiger partial charge in [-0.25, -0.2) is 0 Å². The standard InChI is InChI=1S/C31H36N4O4/c1-22(2)35(31(38)25-7-5-23(3)6-8-25)21-29(36)32-26-11-13-27(14-12-26)33-17-19-34(20-18-33)30(37)24-9-15-28(39-4)16-10-24/h5-16,22H,17-21H2,1-4H3,(H,32,36). The second-order valence-corrected chi connectivity index (χ2v) is 10.00. The molecule has 0 atom stereocenters. The number of methoxy groups -OCH3 is 1. The van der Waals surface area contributed by atoms with Crippen LogP contribution in [0.4, 0.5) is 11.4 Å². The molecule has 8 nitrogen and oxygen atoms in total. The molecule has 0 aliphatic carbocycles. The minimum absolute atomic E-state index is 0.0201. The second kappa shape index (κ2) is 12.5. The predicted octanol–water partition coefficient (Wildman–Crippen LogP) is 4.46. The molecule has 0 radical (unpaired) electrons. The molecule has 1 aliphatic rings. The third-order valence-electron chi connectivity index (χ3n) is 6.92. The van der Waals surface area contributed by atoms with Crippen LogP contribution in [-0.4, -0.2) is 73.4 Å². The van der Waals surface area contributed by atoms with E-state index in [2.05, 4.69) is 10.2 Å². The first-order valence-corrected chi connectivity index (χ1v) is 13.2. The van der Waals surface area contributed by atoms with Gasteiger partial charge in [0.2, 0.25) is 5.91 Å². The number of carbonyl (C=O) groups is 3. The predicted molar refractivity (Wildman–Crippen MR) is 154 cm³/mol. The number of piperazine rings is 1. The van der Waals surface area contributed by atoms with Crippen molar-refractivity contribution in [1.82, 2.24) is 9.80 Å². The Morgan fingerprint density at radius 2 is 1.44 bits per heavy atom. The van der Waals surface area contributed by atoms with Crippen molar-refractivity contribution >= 4 is 29.1 Å². The van der Waals surface area contributed by atoms with Gasteiger partial charge >= 0.3 is 0 Å². The maximum atomic E-state index is 13.0. The van der Waals surface area contributed by atoms with Gasteiger partial charge in [-0.05, 0) is 81.4 Å². The van der Waals surface area contributed by atoms with Crippen molar-refractivity contribution in [3.8, 4) is 5.75 Å². The van der Waals surface area contributed by atoms with E-state index in [1.165, 1.54) is 0 Å². The molecule has 0 unspecified atom stereocenters. The summed E-state index contributed by atoms with van der Waals surface area (Å²) in [7, 11) is 1.60. The number of nitrogens with one attached hydrogen (secondary N) is 1. The Kier molecular flexibility index (Phi) is 8.86. The van der Waals surface area contributed by atoms with E-state index in [-0.39, 0.29) is 30.3 Å². The van der Waals surface area contributed by atoms with E-state index in [4.69, 9.17) is 4.74 Å². The summed E-state index contributed by atoms with van der Waals surface area (Å²) in [5.41, 5.74) is 4.00. The highest BCUT2D eigenvalue weighted by atomic mass is 16.5. The fourth-order valence-electron chi connectivity index (χ4n) is 4.55. The zero-order valence-electron chi connectivity index (χ0n) is 23.0. The summed E-state index contributed by atoms with van der Waals surface area (Å²) in [4.78, 5) is 44.3. The Morgan fingerprint density at radius 3 is 2.00 bits per heavy atom. The summed E-state index contributed by atoms with van der Waals surface area (Å²) in [6, 6.07) is 22.1. The van der Waals surface area contributed by atoms with E-state index in [9.17, 15) is 14.4 Å². The summed E-state index contributed by atoms with van der Waals surface area (Å²) in [5.74, 6) is 0.332. The number of benzene rings is 3. The van der Waals surface area contributed by atoms with Crippen LogP contribution in [0.5, 0.6) is 5.75 Å². The smallest absolute Gasteiger partial charge is 0.254 e. The molecule has 0 spiro atoms. The summed E-state index contributed by atoms with van der Waals surface area (Å²) < 4.78 is 5.17. The molecular formula is C31H36N4O4. The zero-order chi connectivity index (χ0) is 27.9. The maximum absolute atomic E-state index is 13.0. The number of ether oxygens (including phenoxy) is 1. The van der Waals surface area contributed by atoms with Gasteiger partial charge in [0.05, 0.1) is 7.11 Å². The highest BCUT2D eigenvalue weighted by Crippen LogP contribution is 2.21. The summed E-state index contributed by atoms with van der Waals surface area (Å²) in [6.45, 7) is 8.44. The molecular weight excluding hydrogens is 492 g/mol. The fourth-order valence-corrected chi connectivity index (χ4v) is 4.55. The molecule has 0 saturated carbocycles. The van der Waals surface area contributed by atoms with Gasteiger partial charge in [-0.15, -0.1) is 0 Å². The lowest BCUT2D eigenvalue weighted by Crippen LogP contribution is -2.48. The molecule has 0 bridgehead atoms. The van der Waals surface area contributed by atoms with Gasteiger partial charge in [-0.3, -0.25) is 14.4 Å². The van der Waals surface area contributed by atoms with Crippen LogP contribution >= 0.6 is 0 Å². The van der Waals surface area contributed by atoms with Crippen molar-refractivity contribution < 1.29 is 19.1 Å². The van der Waals surface area contributed by atoms with E-state index < -0.39 is 0 Å². The Balaban J connectivity index is 1.30. The SMILES string of the molecule is COc1ccc(C(=O)N2CCN(c3ccc(NC(=O)CN(C(=O)c4ccc(C)cc4)C(C)C)cc3)CC2)cc1. The molecule has 1 heterocycles. The topological polar surface area (TPSA) is 82.2 Å². The molecule has 204 valence electrons. The Labute approximate surface area is 230 Å². The average Bonchev–Trinajstić information content (AvgIpc) is 2.96. The van der Waals surface area contributed by atoms with E-state index in [1.807, 2.05) is 62.1 Å². The van der Waals surface area contributed by atoms with Crippen LogP contribution in [0.2, 0.25) is 0 Å². The number of hydrogen-bond acceptors (Lipinski definition) is 5. The Hall–Kier alpha value is -4.33. The molecule has 3 aromatic carbocycles. The molecule has 3 amide bonds. The van der Waals surface area contributed by atoms with Crippen LogP contribution in [0.25, 0.3) is 0 Å². The lowest BCUT2D eigenvalue weighted by Gasteiger charge is -2.36. The zero-order valence-corrected chi connectivity index (χ0v) is 23.0. The largest absolute Gasteiger partial charge is 0.497 e.